The van der Waals surface area contributed by atoms with Crippen molar-refractivity contribution in [3.8, 4) is 0 Å². The molecule has 17 heavy (non-hydrogen) atoms. The summed E-state index contributed by atoms with van der Waals surface area (Å²) >= 11 is 0. The molecule has 2 rings (SSSR count). The lowest BCUT2D eigenvalue weighted by atomic mass is 10.1. The summed E-state index contributed by atoms with van der Waals surface area (Å²) in [5, 5.41) is 0.0371. The standard InChI is InChI=1S/C13H17NO2S/c1-14(2)13(15)9-17(16)12-8-7-10-5-3-4-6-11(10)12/h3-6,12H,7-9H2,1-2H3/t12-,17+/m1/s1. The highest BCUT2D eigenvalue weighted by molar-refractivity contribution is 7.86. The Morgan fingerprint density at radius 3 is 2.82 bits per heavy atom. The molecule has 4 heteroatoms. The second kappa shape index (κ2) is 5.00. The van der Waals surface area contributed by atoms with Crippen molar-refractivity contribution in [2.45, 2.75) is 18.1 Å². The van der Waals surface area contributed by atoms with E-state index in [0.29, 0.717) is 0 Å². The topological polar surface area (TPSA) is 37.4 Å². The van der Waals surface area contributed by atoms with E-state index in [4.69, 9.17) is 0 Å². The molecule has 0 aromatic heterocycles. The smallest absolute Gasteiger partial charge is 0.234 e. The van der Waals surface area contributed by atoms with E-state index >= 15 is 0 Å². The number of fused-ring (bicyclic) bond motifs is 1. The molecule has 0 heterocycles. The van der Waals surface area contributed by atoms with Crippen LogP contribution < -0.4 is 0 Å². The van der Waals surface area contributed by atoms with Gasteiger partial charge in [0.2, 0.25) is 5.91 Å². The molecule has 2 atom stereocenters. The third-order valence-corrected chi connectivity index (χ3v) is 4.82. The minimum atomic E-state index is -1.10. The number of rotatable bonds is 3. The van der Waals surface area contributed by atoms with Crippen LogP contribution in [0.3, 0.4) is 0 Å². The quantitative estimate of drug-likeness (QED) is 0.816. The first-order chi connectivity index (χ1) is 8.09. The Balaban J connectivity index is 2.10. The van der Waals surface area contributed by atoms with E-state index in [-0.39, 0.29) is 16.9 Å². The highest BCUT2D eigenvalue weighted by Crippen LogP contribution is 2.35. The fourth-order valence-electron chi connectivity index (χ4n) is 2.14. The summed E-state index contributed by atoms with van der Waals surface area (Å²) in [5.41, 5.74) is 2.44. The van der Waals surface area contributed by atoms with Gasteiger partial charge >= 0.3 is 0 Å². The van der Waals surface area contributed by atoms with Crippen LogP contribution in [0.15, 0.2) is 24.3 Å². The van der Waals surface area contributed by atoms with Crippen LogP contribution in [0.1, 0.15) is 22.8 Å². The molecule has 1 aromatic carbocycles. The first-order valence-corrected chi connectivity index (χ1v) is 7.13. The first kappa shape index (κ1) is 12.3. The van der Waals surface area contributed by atoms with E-state index in [9.17, 15) is 9.00 Å². The van der Waals surface area contributed by atoms with E-state index < -0.39 is 10.8 Å². The number of hydrogen-bond acceptors (Lipinski definition) is 2. The van der Waals surface area contributed by atoms with Gasteiger partial charge in [-0.2, -0.15) is 0 Å². The van der Waals surface area contributed by atoms with Gasteiger partial charge in [-0.05, 0) is 24.0 Å². The van der Waals surface area contributed by atoms with Crippen LogP contribution in [0.4, 0.5) is 0 Å². The maximum absolute atomic E-state index is 12.2. The summed E-state index contributed by atoms with van der Waals surface area (Å²) in [6, 6.07) is 8.10. The van der Waals surface area contributed by atoms with Gasteiger partial charge < -0.3 is 4.90 Å². The van der Waals surface area contributed by atoms with E-state index in [1.165, 1.54) is 10.5 Å². The maximum Gasteiger partial charge on any atom is 0.234 e. The van der Waals surface area contributed by atoms with Gasteiger partial charge in [0.25, 0.3) is 0 Å². The summed E-state index contributed by atoms with van der Waals surface area (Å²) in [6.45, 7) is 0. The highest BCUT2D eigenvalue weighted by Gasteiger charge is 2.28. The molecule has 0 unspecified atom stereocenters. The van der Waals surface area contributed by atoms with E-state index in [2.05, 4.69) is 6.07 Å². The summed E-state index contributed by atoms with van der Waals surface area (Å²) in [5.74, 6) is 0.0687. The van der Waals surface area contributed by atoms with Crippen LogP contribution >= 0.6 is 0 Å². The SMILES string of the molecule is CN(C)C(=O)C[S@](=O)[C@@H]1CCc2ccccc21. The molecule has 0 N–H and O–H groups in total. The third-order valence-electron chi connectivity index (χ3n) is 3.16. The minimum absolute atomic E-state index is 0.0371. The average molecular weight is 251 g/mol. The molecule has 0 saturated carbocycles. The zero-order chi connectivity index (χ0) is 12.4. The molecule has 0 fully saturated rings. The Morgan fingerprint density at radius 2 is 2.12 bits per heavy atom. The van der Waals surface area contributed by atoms with Crippen LogP contribution in [-0.2, 0) is 22.0 Å². The van der Waals surface area contributed by atoms with Gasteiger partial charge in [0.05, 0.1) is 5.25 Å². The lowest BCUT2D eigenvalue weighted by Crippen LogP contribution is -2.28. The zero-order valence-corrected chi connectivity index (χ0v) is 11.0. The summed E-state index contributed by atoms with van der Waals surface area (Å²) in [7, 11) is 2.29. The zero-order valence-electron chi connectivity index (χ0n) is 10.2. The Kier molecular flexibility index (Phi) is 3.62. The molecule has 0 saturated heterocycles. The largest absolute Gasteiger partial charge is 0.348 e. The van der Waals surface area contributed by atoms with Crippen molar-refractivity contribution in [2.24, 2.45) is 0 Å². The number of amides is 1. The van der Waals surface area contributed by atoms with Crippen LogP contribution in [0.5, 0.6) is 0 Å². The van der Waals surface area contributed by atoms with Crippen molar-refractivity contribution in [2.75, 3.05) is 19.8 Å². The summed E-state index contributed by atoms with van der Waals surface area (Å²) < 4.78 is 12.2. The molecule has 1 aliphatic carbocycles. The fraction of sp³-hybridized carbons (Fsp3) is 0.462. The molecule has 0 bridgehead atoms. The van der Waals surface area contributed by atoms with Gasteiger partial charge in [-0.25, -0.2) is 0 Å². The lowest BCUT2D eigenvalue weighted by Gasteiger charge is -2.14. The van der Waals surface area contributed by atoms with Crippen molar-refractivity contribution in [1.82, 2.24) is 4.90 Å². The van der Waals surface area contributed by atoms with Crippen molar-refractivity contribution in [3.05, 3.63) is 35.4 Å². The molecule has 3 nitrogen and oxygen atoms in total. The second-order valence-electron chi connectivity index (χ2n) is 4.54. The van der Waals surface area contributed by atoms with E-state index in [1.807, 2.05) is 18.2 Å². The van der Waals surface area contributed by atoms with Crippen molar-refractivity contribution >= 4 is 16.7 Å². The lowest BCUT2D eigenvalue weighted by molar-refractivity contribution is -0.125. The first-order valence-electron chi connectivity index (χ1n) is 5.74. The second-order valence-corrected chi connectivity index (χ2v) is 6.16. The molecular weight excluding hydrogens is 234 g/mol. The van der Waals surface area contributed by atoms with Gasteiger partial charge in [0.1, 0.15) is 5.75 Å². The number of hydrogen-bond donors (Lipinski definition) is 0. The van der Waals surface area contributed by atoms with Gasteiger partial charge in [-0.3, -0.25) is 9.00 Å². The molecule has 0 aliphatic heterocycles. The van der Waals surface area contributed by atoms with Gasteiger partial charge in [-0.15, -0.1) is 0 Å². The Morgan fingerprint density at radius 1 is 1.41 bits per heavy atom. The average Bonchev–Trinajstić information content (AvgIpc) is 2.72. The monoisotopic (exact) mass is 251 g/mol. The fourth-order valence-corrected chi connectivity index (χ4v) is 3.74. The van der Waals surface area contributed by atoms with Crippen molar-refractivity contribution in [1.29, 1.82) is 0 Å². The minimum Gasteiger partial charge on any atom is -0.348 e. The summed E-state index contributed by atoms with van der Waals surface area (Å²) in [6.07, 6.45) is 1.87. The Bertz CT molecular complexity index is 456. The molecule has 0 radical (unpaired) electrons. The number of aryl methyl sites for hydroxylation is 1. The molecular formula is C13H17NO2S. The highest BCUT2D eigenvalue weighted by atomic mass is 32.2. The van der Waals surface area contributed by atoms with E-state index in [0.717, 1.165) is 18.4 Å². The van der Waals surface area contributed by atoms with Crippen molar-refractivity contribution in [3.63, 3.8) is 0 Å². The maximum atomic E-state index is 12.2. The van der Waals surface area contributed by atoms with Crippen LogP contribution in [0, 0.1) is 0 Å². The number of benzene rings is 1. The number of carbonyl (C=O) groups excluding carboxylic acids is 1. The van der Waals surface area contributed by atoms with Gasteiger partial charge in [0, 0.05) is 24.9 Å². The van der Waals surface area contributed by atoms with Gasteiger partial charge in [0.15, 0.2) is 0 Å². The normalized spacial score (nSPS) is 19.8. The molecule has 1 aromatic rings. The van der Waals surface area contributed by atoms with E-state index in [1.54, 1.807) is 14.1 Å². The number of carbonyl (C=O) groups is 1. The molecule has 0 spiro atoms. The van der Waals surface area contributed by atoms with Crippen molar-refractivity contribution < 1.29 is 9.00 Å². The third kappa shape index (κ3) is 2.57. The van der Waals surface area contributed by atoms with Crippen LogP contribution in [0.25, 0.3) is 0 Å². The number of nitrogens with zero attached hydrogens (tertiary/aromatic N) is 1. The van der Waals surface area contributed by atoms with Crippen LogP contribution in [0.2, 0.25) is 0 Å². The predicted molar refractivity (Wildman–Crippen MR) is 69.2 cm³/mol. The molecule has 1 amide bonds. The predicted octanol–water partition coefficient (Wildman–Crippen LogP) is 1.51. The van der Waals surface area contributed by atoms with Crippen LogP contribution in [-0.4, -0.2) is 34.9 Å². The summed E-state index contributed by atoms with van der Waals surface area (Å²) in [4.78, 5) is 13.1. The Labute approximate surface area is 104 Å². The molecule has 92 valence electrons. The molecule has 1 aliphatic rings. The van der Waals surface area contributed by atoms with Gasteiger partial charge in [-0.1, -0.05) is 24.3 Å². The Hall–Kier alpha value is -1.16.